The first-order valence-electron chi connectivity index (χ1n) is 7.57. The number of hydrogen-bond acceptors (Lipinski definition) is 2. The zero-order valence-corrected chi connectivity index (χ0v) is 14.3. The van der Waals surface area contributed by atoms with Crippen molar-refractivity contribution in [3.05, 3.63) is 57.6 Å². The third-order valence-corrected chi connectivity index (χ3v) is 4.60. The Morgan fingerprint density at radius 2 is 0.917 bits per heavy atom. The predicted molar refractivity (Wildman–Crippen MR) is 87.7 cm³/mol. The number of halogens is 3. The van der Waals surface area contributed by atoms with Crippen molar-refractivity contribution in [2.45, 2.75) is 46.2 Å². The molecular weight excluding hydrogens is 317 g/mol. The maximum absolute atomic E-state index is 14.3. The lowest BCUT2D eigenvalue weighted by atomic mass is 9.69. The molecule has 0 aliphatic rings. The molecule has 24 heavy (non-hydrogen) atoms. The van der Waals surface area contributed by atoms with Gasteiger partial charge >= 0.3 is 6.18 Å². The largest absolute Gasteiger partial charge is 0.508 e. The Balaban J connectivity index is 2.95. The first-order valence-corrected chi connectivity index (χ1v) is 7.57. The van der Waals surface area contributed by atoms with Crippen molar-refractivity contribution in [3.63, 3.8) is 0 Å². The Kier molecular flexibility index (Phi) is 4.33. The Hall–Kier alpha value is -2.17. The van der Waals surface area contributed by atoms with Gasteiger partial charge in [-0.25, -0.2) is 0 Å². The molecule has 2 N–H and O–H groups in total. The summed E-state index contributed by atoms with van der Waals surface area (Å²) in [5, 5.41) is 19.4. The van der Waals surface area contributed by atoms with Crippen LogP contribution in [-0.4, -0.2) is 16.4 Å². The van der Waals surface area contributed by atoms with Crippen LogP contribution in [0.25, 0.3) is 0 Å². The van der Waals surface area contributed by atoms with E-state index in [0.29, 0.717) is 22.3 Å². The van der Waals surface area contributed by atoms with Crippen LogP contribution >= 0.6 is 0 Å². The highest BCUT2D eigenvalue weighted by Gasteiger charge is 2.55. The minimum Gasteiger partial charge on any atom is -0.508 e. The highest BCUT2D eigenvalue weighted by atomic mass is 19.4. The van der Waals surface area contributed by atoms with E-state index < -0.39 is 11.6 Å². The second-order valence-corrected chi connectivity index (χ2v) is 6.53. The maximum atomic E-state index is 14.3. The molecule has 0 saturated heterocycles. The van der Waals surface area contributed by atoms with Gasteiger partial charge in [0, 0.05) is 0 Å². The molecule has 0 aromatic heterocycles. The van der Waals surface area contributed by atoms with Gasteiger partial charge in [0.2, 0.25) is 0 Å². The maximum Gasteiger partial charge on any atom is 0.402 e. The molecule has 0 amide bonds. The Morgan fingerprint density at radius 3 is 1.12 bits per heavy atom. The monoisotopic (exact) mass is 338 g/mol. The van der Waals surface area contributed by atoms with E-state index in [1.54, 1.807) is 27.7 Å². The molecule has 0 fully saturated rings. The third-order valence-electron chi connectivity index (χ3n) is 4.60. The van der Waals surface area contributed by atoms with Gasteiger partial charge in [0.1, 0.15) is 16.9 Å². The van der Waals surface area contributed by atoms with Crippen molar-refractivity contribution in [3.8, 4) is 11.5 Å². The molecular formula is C19H21F3O2. The molecule has 2 rings (SSSR count). The lowest BCUT2D eigenvalue weighted by Gasteiger charge is -2.38. The summed E-state index contributed by atoms with van der Waals surface area (Å²) in [4.78, 5) is 0. The molecule has 0 spiro atoms. The van der Waals surface area contributed by atoms with Crippen LogP contribution in [0.4, 0.5) is 13.2 Å². The standard InChI is InChI=1S/C19H21F3O2/c1-10-6-14(23)7-11(2)16(10)18(5,19(20,21)22)17-12(3)8-15(24)9-13(17)4/h6-9,23-24H,1-5H3. The van der Waals surface area contributed by atoms with Crippen LogP contribution in [0.2, 0.25) is 0 Å². The molecule has 2 nitrogen and oxygen atoms in total. The second kappa shape index (κ2) is 5.72. The summed E-state index contributed by atoms with van der Waals surface area (Å²) < 4.78 is 42.8. The molecule has 130 valence electrons. The summed E-state index contributed by atoms with van der Waals surface area (Å²) in [7, 11) is 0. The summed E-state index contributed by atoms with van der Waals surface area (Å²) in [5.74, 6) is -0.116. The van der Waals surface area contributed by atoms with Gasteiger partial charge in [-0.2, -0.15) is 13.2 Å². The fourth-order valence-electron chi connectivity index (χ4n) is 3.87. The number of hydrogen-bond donors (Lipinski definition) is 2. The van der Waals surface area contributed by atoms with Crippen LogP contribution in [0.3, 0.4) is 0 Å². The minimum absolute atomic E-state index is 0.0579. The quantitative estimate of drug-likeness (QED) is 0.790. The lowest BCUT2D eigenvalue weighted by Crippen LogP contribution is -2.43. The van der Waals surface area contributed by atoms with Crippen molar-refractivity contribution >= 4 is 0 Å². The third kappa shape index (κ3) is 2.72. The smallest absolute Gasteiger partial charge is 0.402 e. The van der Waals surface area contributed by atoms with E-state index in [9.17, 15) is 23.4 Å². The van der Waals surface area contributed by atoms with E-state index in [4.69, 9.17) is 0 Å². The van der Waals surface area contributed by atoms with Crippen molar-refractivity contribution in [2.24, 2.45) is 0 Å². The molecule has 0 atom stereocenters. The van der Waals surface area contributed by atoms with Crippen molar-refractivity contribution < 1.29 is 23.4 Å². The van der Waals surface area contributed by atoms with Gasteiger partial charge < -0.3 is 10.2 Å². The van der Waals surface area contributed by atoms with E-state index in [0.717, 1.165) is 6.92 Å². The van der Waals surface area contributed by atoms with E-state index in [2.05, 4.69) is 0 Å². The number of alkyl halides is 3. The predicted octanol–water partition coefficient (Wildman–Crippen LogP) is 5.20. The highest BCUT2D eigenvalue weighted by Crippen LogP contribution is 2.51. The van der Waals surface area contributed by atoms with Crippen molar-refractivity contribution in [1.82, 2.24) is 0 Å². The van der Waals surface area contributed by atoms with Gasteiger partial charge in [-0.15, -0.1) is 0 Å². The van der Waals surface area contributed by atoms with Gasteiger partial charge in [0.05, 0.1) is 0 Å². The average molecular weight is 338 g/mol. The number of rotatable bonds is 2. The molecule has 0 bridgehead atoms. The van der Waals surface area contributed by atoms with Gasteiger partial charge in [0.25, 0.3) is 0 Å². The van der Waals surface area contributed by atoms with Crippen LogP contribution in [0.5, 0.6) is 11.5 Å². The van der Waals surface area contributed by atoms with Crippen LogP contribution < -0.4 is 0 Å². The number of phenols is 2. The zero-order chi connectivity index (χ0) is 18.4. The number of phenolic OH excluding ortho intramolecular Hbond substituents is 2. The normalized spacial score (nSPS) is 12.5. The molecule has 2 aromatic rings. The summed E-state index contributed by atoms with van der Waals surface area (Å²) in [6.07, 6.45) is -4.55. The number of aryl methyl sites for hydroxylation is 4. The summed E-state index contributed by atoms with van der Waals surface area (Å²) in [6, 6.07) is 5.38. The van der Waals surface area contributed by atoms with Gasteiger partial charge in [0.15, 0.2) is 0 Å². The van der Waals surface area contributed by atoms with E-state index >= 15 is 0 Å². The van der Waals surface area contributed by atoms with Crippen LogP contribution in [0.15, 0.2) is 24.3 Å². The Labute approximate surface area is 139 Å². The molecule has 0 unspecified atom stereocenters. The first-order chi connectivity index (χ1) is 10.9. The Bertz CT molecular complexity index is 688. The number of benzene rings is 2. The average Bonchev–Trinajstić information content (AvgIpc) is 2.34. The van der Waals surface area contributed by atoms with E-state index in [1.165, 1.54) is 24.3 Å². The van der Waals surface area contributed by atoms with E-state index in [1.807, 2.05) is 0 Å². The molecule has 0 heterocycles. The van der Waals surface area contributed by atoms with Gasteiger partial charge in [-0.3, -0.25) is 0 Å². The van der Waals surface area contributed by atoms with E-state index in [-0.39, 0.29) is 22.6 Å². The molecule has 0 aliphatic heterocycles. The molecule has 5 heteroatoms. The zero-order valence-electron chi connectivity index (χ0n) is 14.3. The highest BCUT2D eigenvalue weighted by molar-refractivity contribution is 5.56. The van der Waals surface area contributed by atoms with Crippen LogP contribution in [0.1, 0.15) is 40.3 Å². The minimum atomic E-state index is -4.55. The second-order valence-electron chi connectivity index (χ2n) is 6.53. The van der Waals surface area contributed by atoms with Gasteiger partial charge in [-0.05, 0) is 92.3 Å². The first kappa shape index (κ1) is 18.2. The summed E-state index contributed by atoms with van der Waals surface area (Å²) in [6.45, 7) is 7.42. The summed E-state index contributed by atoms with van der Waals surface area (Å²) in [5.41, 5.74) is -0.498. The Morgan fingerprint density at radius 1 is 0.667 bits per heavy atom. The SMILES string of the molecule is Cc1cc(O)cc(C)c1C(C)(c1c(C)cc(O)cc1C)C(F)(F)F. The fourth-order valence-corrected chi connectivity index (χ4v) is 3.87. The molecule has 0 aliphatic carbocycles. The van der Waals surface area contributed by atoms with Crippen LogP contribution in [0, 0.1) is 27.7 Å². The van der Waals surface area contributed by atoms with Crippen molar-refractivity contribution in [2.75, 3.05) is 0 Å². The molecule has 2 aromatic carbocycles. The summed E-state index contributed by atoms with van der Waals surface area (Å²) >= 11 is 0. The molecule has 0 radical (unpaired) electrons. The van der Waals surface area contributed by atoms with Crippen LogP contribution in [-0.2, 0) is 5.41 Å². The fraction of sp³-hybridized carbons (Fsp3) is 0.368. The topological polar surface area (TPSA) is 40.5 Å². The lowest BCUT2D eigenvalue weighted by molar-refractivity contribution is -0.173. The number of aromatic hydroxyl groups is 2. The van der Waals surface area contributed by atoms with Gasteiger partial charge in [-0.1, -0.05) is 0 Å². The molecule has 0 saturated carbocycles. The van der Waals surface area contributed by atoms with Crippen molar-refractivity contribution in [1.29, 1.82) is 0 Å².